The van der Waals surface area contributed by atoms with E-state index in [1.165, 1.54) is 17.8 Å². The molecule has 0 aliphatic carbocycles. The van der Waals surface area contributed by atoms with E-state index in [4.69, 9.17) is 14.2 Å². The fourth-order valence-corrected chi connectivity index (χ4v) is 8.06. The summed E-state index contributed by atoms with van der Waals surface area (Å²) in [5.74, 6) is -1.65. The highest BCUT2D eigenvalue weighted by atomic mass is 32.2. The highest BCUT2D eigenvalue weighted by Gasteiger charge is 2.40. The van der Waals surface area contributed by atoms with Crippen molar-refractivity contribution < 1.29 is 43.6 Å². The van der Waals surface area contributed by atoms with Crippen LogP contribution >= 0.6 is 11.8 Å². The molecule has 0 radical (unpaired) electrons. The Hall–Kier alpha value is -5.86. The molecule has 12 nitrogen and oxygen atoms in total. The third-order valence-corrected chi connectivity index (χ3v) is 11.1. The standard InChI is InChI=1S/C44H41N3O9S/c1-27-37(26-57-40-35(42(51)52)14-7-19-45-40)55-43(56-39(27)31-17-15-28(24-48)16-18-31)34-13-6-12-33(21-34)32-11-5-10-30(20-32)23-47-38(49)22-36(41(47)50)46-44(53)54-25-29-8-3-2-4-9-29/h2-21,27,36-37,39,43,48H,22-26H2,1H3,(H,46,53)(H,51,52)/t27-,36?,37+,39+,43+/m0/s1. The van der Waals surface area contributed by atoms with Gasteiger partial charge in [-0.3, -0.25) is 14.5 Å². The first kappa shape index (κ1) is 39.4. The number of nitrogens with one attached hydrogen (secondary N) is 1. The highest BCUT2D eigenvalue weighted by Crippen LogP contribution is 2.43. The molecule has 3 amide bonds. The smallest absolute Gasteiger partial charge is 0.408 e. The molecule has 0 bridgehead atoms. The van der Waals surface area contributed by atoms with Gasteiger partial charge in [-0.1, -0.05) is 97.9 Å². The highest BCUT2D eigenvalue weighted by molar-refractivity contribution is 7.99. The number of benzene rings is 4. The SMILES string of the molecule is C[C@H]1[C@@H](CSc2ncccc2C(=O)O)O[C@@H](c2cccc(-c3cccc(CN4C(=O)CC(NC(=O)OCc5ccccc5)C4=O)c3)c2)O[C@H]1c1ccc(CO)cc1. The lowest BCUT2D eigenvalue weighted by molar-refractivity contribution is -0.268. The number of imide groups is 1. The van der Waals surface area contributed by atoms with Crippen LogP contribution in [0.25, 0.3) is 11.1 Å². The summed E-state index contributed by atoms with van der Waals surface area (Å²) in [7, 11) is 0. The first-order valence-corrected chi connectivity index (χ1v) is 19.5. The molecule has 2 aliphatic rings. The number of ether oxygens (including phenoxy) is 3. The molecule has 13 heteroatoms. The second-order valence-electron chi connectivity index (χ2n) is 13.9. The Morgan fingerprint density at radius 2 is 1.60 bits per heavy atom. The molecule has 7 rings (SSSR count). The Morgan fingerprint density at radius 1 is 0.860 bits per heavy atom. The van der Waals surface area contributed by atoms with Crippen molar-refractivity contribution in [2.24, 2.45) is 5.92 Å². The topological polar surface area (TPSA) is 165 Å². The van der Waals surface area contributed by atoms with Crippen molar-refractivity contribution in [3.8, 4) is 11.1 Å². The number of likely N-dealkylation sites (tertiary alicyclic amines) is 1. The van der Waals surface area contributed by atoms with Crippen LogP contribution in [-0.2, 0) is 43.6 Å². The number of carbonyl (C=O) groups excluding carboxylic acids is 3. The zero-order chi connectivity index (χ0) is 39.9. The number of aromatic nitrogens is 1. The molecule has 57 heavy (non-hydrogen) atoms. The summed E-state index contributed by atoms with van der Waals surface area (Å²) in [5, 5.41) is 22.3. The Bertz CT molecular complexity index is 2240. The van der Waals surface area contributed by atoms with Crippen LogP contribution in [0.4, 0.5) is 4.79 Å². The van der Waals surface area contributed by atoms with Gasteiger partial charge >= 0.3 is 12.1 Å². The molecule has 5 aromatic rings. The zero-order valence-electron chi connectivity index (χ0n) is 31.0. The molecule has 292 valence electrons. The lowest BCUT2D eigenvalue weighted by Gasteiger charge is -2.41. The van der Waals surface area contributed by atoms with Gasteiger partial charge in [0.1, 0.15) is 17.7 Å². The third-order valence-electron chi connectivity index (χ3n) is 10.0. The van der Waals surface area contributed by atoms with Gasteiger partial charge < -0.3 is 29.7 Å². The predicted octanol–water partition coefficient (Wildman–Crippen LogP) is 7.08. The predicted molar refractivity (Wildman–Crippen MR) is 210 cm³/mol. The molecular weight excluding hydrogens is 747 g/mol. The van der Waals surface area contributed by atoms with Gasteiger partial charge in [0.2, 0.25) is 5.91 Å². The number of aromatic carboxylic acids is 1. The maximum Gasteiger partial charge on any atom is 0.408 e. The molecule has 2 fully saturated rings. The van der Waals surface area contributed by atoms with Crippen molar-refractivity contribution in [1.29, 1.82) is 0 Å². The Kier molecular flexibility index (Phi) is 12.4. The van der Waals surface area contributed by atoms with Gasteiger partial charge in [-0.25, -0.2) is 14.6 Å². The van der Waals surface area contributed by atoms with E-state index in [0.29, 0.717) is 10.8 Å². The van der Waals surface area contributed by atoms with Gasteiger partial charge in [0.15, 0.2) is 6.29 Å². The van der Waals surface area contributed by atoms with Crippen LogP contribution in [0, 0.1) is 5.92 Å². The number of amides is 3. The lowest BCUT2D eigenvalue weighted by Crippen LogP contribution is -2.41. The number of hydrogen-bond donors (Lipinski definition) is 3. The van der Waals surface area contributed by atoms with Gasteiger partial charge in [-0.2, -0.15) is 0 Å². The van der Waals surface area contributed by atoms with Crippen LogP contribution in [0.15, 0.2) is 126 Å². The van der Waals surface area contributed by atoms with Gasteiger partial charge in [0.05, 0.1) is 37.3 Å². The van der Waals surface area contributed by atoms with Gasteiger partial charge in [0.25, 0.3) is 5.91 Å². The number of aliphatic hydroxyl groups excluding tert-OH is 1. The fraction of sp³-hybridized carbons (Fsp3) is 0.250. The minimum atomic E-state index is -1.05. The van der Waals surface area contributed by atoms with Crippen LogP contribution in [0.2, 0.25) is 0 Å². The second-order valence-corrected chi connectivity index (χ2v) is 14.9. The number of thioether (sulfide) groups is 1. The summed E-state index contributed by atoms with van der Waals surface area (Å²) in [6.45, 7) is 2.03. The van der Waals surface area contributed by atoms with Crippen LogP contribution in [0.3, 0.4) is 0 Å². The largest absolute Gasteiger partial charge is 0.478 e. The Balaban J connectivity index is 1.06. The molecular formula is C44H41N3O9S. The van der Waals surface area contributed by atoms with E-state index in [9.17, 15) is 29.4 Å². The van der Waals surface area contributed by atoms with Crippen molar-refractivity contribution in [2.45, 2.75) is 62.7 Å². The van der Waals surface area contributed by atoms with Crippen molar-refractivity contribution in [3.63, 3.8) is 0 Å². The number of alkyl carbamates (subject to hydrolysis) is 1. The number of carbonyl (C=O) groups is 4. The van der Waals surface area contributed by atoms with E-state index in [2.05, 4.69) is 10.3 Å². The second kappa shape index (κ2) is 17.9. The summed E-state index contributed by atoms with van der Waals surface area (Å²) in [5.41, 5.74) is 5.81. The van der Waals surface area contributed by atoms with Gasteiger partial charge in [-0.05, 0) is 57.6 Å². The van der Waals surface area contributed by atoms with Crippen molar-refractivity contribution in [1.82, 2.24) is 15.2 Å². The Labute approximate surface area is 333 Å². The van der Waals surface area contributed by atoms with Crippen LogP contribution in [-0.4, -0.2) is 61.9 Å². The van der Waals surface area contributed by atoms with E-state index in [-0.39, 0.29) is 49.9 Å². The fourth-order valence-electron chi connectivity index (χ4n) is 6.91. The maximum atomic E-state index is 13.3. The number of aliphatic hydroxyl groups is 1. The average molecular weight is 788 g/mol. The monoisotopic (exact) mass is 787 g/mol. The van der Waals surface area contributed by atoms with E-state index >= 15 is 0 Å². The summed E-state index contributed by atoms with van der Waals surface area (Å²) in [4.78, 5) is 56.0. The van der Waals surface area contributed by atoms with Gasteiger partial charge in [0, 0.05) is 23.4 Å². The minimum Gasteiger partial charge on any atom is -0.478 e. The molecule has 5 atom stereocenters. The van der Waals surface area contributed by atoms with Crippen LogP contribution in [0.1, 0.15) is 63.9 Å². The molecule has 1 unspecified atom stereocenters. The van der Waals surface area contributed by atoms with E-state index in [1.807, 2.05) is 110 Å². The summed E-state index contributed by atoms with van der Waals surface area (Å²) in [6, 6.07) is 34.2. The maximum absolute atomic E-state index is 13.3. The number of hydrogen-bond acceptors (Lipinski definition) is 10. The van der Waals surface area contributed by atoms with Crippen molar-refractivity contribution in [2.75, 3.05) is 5.75 Å². The van der Waals surface area contributed by atoms with E-state index in [0.717, 1.165) is 43.8 Å². The van der Waals surface area contributed by atoms with Crippen molar-refractivity contribution in [3.05, 3.63) is 155 Å². The zero-order valence-corrected chi connectivity index (χ0v) is 31.8. The molecule has 0 saturated carbocycles. The summed E-state index contributed by atoms with van der Waals surface area (Å²) >= 11 is 1.32. The summed E-state index contributed by atoms with van der Waals surface area (Å²) in [6.07, 6.45) is -0.868. The Morgan fingerprint density at radius 3 is 2.35 bits per heavy atom. The number of nitrogens with zero attached hydrogens (tertiary/aromatic N) is 2. The number of pyridine rings is 1. The quantitative estimate of drug-likeness (QED) is 0.0826. The normalized spacial score (nSPS) is 20.7. The van der Waals surface area contributed by atoms with Gasteiger partial charge in [-0.15, -0.1) is 11.8 Å². The molecule has 2 saturated heterocycles. The molecule has 2 aliphatic heterocycles. The third kappa shape index (κ3) is 9.41. The first-order valence-electron chi connectivity index (χ1n) is 18.5. The van der Waals surface area contributed by atoms with Crippen LogP contribution in [0.5, 0.6) is 0 Å². The molecule has 3 N–H and O–H groups in total. The molecule has 4 aromatic carbocycles. The minimum absolute atomic E-state index is 0.0329. The molecule has 1 aromatic heterocycles. The molecule has 0 spiro atoms. The number of carboxylic acid groups (broad SMARTS) is 1. The van der Waals surface area contributed by atoms with E-state index in [1.54, 1.807) is 12.3 Å². The first-order chi connectivity index (χ1) is 27.7. The number of rotatable bonds is 13. The van der Waals surface area contributed by atoms with Crippen LogP contribution < -0.4 is 5.32 Å². The average Bonchev–Trinajstić information content (AvgIpc) is 3.50. The number of carboxylic acids is 1. The lowest BCUT2D eigenvalue weighted by atomic mass is 9.91. The summed E-state index contributed by atoms with van der Waals surface area (Å²) < 4.78 is 18.5. The van der Waals surface area contributed by atoms with E-state index < -0.39 is 36.2 Å². The van der Waals surface area contributed by atoms with Crippen molar-refractivity contribution >= 4 is 35.6 Å². The molecule has 3 heterocycles.